The number of nitro benzene ring substituents is 1. The molecular weight excluding hydrogens is 297 g/mol. The van der Waals surface area contributed by atoms with Crippen molar-refractivity contribution in [2.24, 2.45) is 0 Å². The fraction of sp³-hybridized carbons (Fsp3) is 0.0714. The molecule has 0 aliphatic rings. The largest absolute Gasteiger partial charge is 0.465 e. The van der Waals surface area contributed by atoms with Gasteiger partial charge in [0.1, 0.15) is 5.82 Å². The Bertz CT molecular complexity index is 688. The molecule has 7 heteroatoms. The van der Waals surface area contributed by atoms with Crippen LogP contribution in [0, 0.1) is 15.9 Å². The summed E-state index contributed by atoms with van der Waals surface area (Å²) in [4.78, 5) is 22.3. The van der Waals surface area contributed by atoms with Crippen LogP contribution in [0.4, 0.5) is 10.1 Å². The van der Waals surface area contributed by atoms with Crippen molar-refractivity contribution >= 4 is 23.4 Å². The van der Waals surface area contributed by atoms with Crippen LogP contribution in [0.5, 0.6) is 0 Å². The molecule has 0 spiro atoms. The summed E-state index contributed by atoms with van der Waals surface area (Å²) in [6.07, 6.45) is 0. The first kappa shape index (κ1) is 15.0. The normalized spacial score (nSPS) is 10.2. The molecule has 2 aromatic rings. The van der Waals surface area contributed by atoms with Crippen LogP contribution in [-0.2, 0) is 4.74 Å². The Balaban J connectivity index is 2.19. The van der Waals surface area contributed by atoms with Gasteiger partial charge in [-0.15, -0.1) is 0 Å². The number of hydrogen-bond acceptors (Lipinski definition) is 5. The van der Waals surface area contributed by atoms with Crippen molar-refractivity contribution in [1.29, 1.82) is 0 Å². The van der Waals surface area contributed by atoms with Crippen LogP contribution in [-0.4, -0.2) is 18.0 Å². The van der Waals surface area contributed by atoms with E-state index in [1.165, 1.54) is 43.5 Å². The highest BCUT2D eigenvalue weighted by atomic mass is 32.2. The average molecular weight is 307 g/mol. The Morgan fingerprint density at radius 2 is 1.90 bits per heavy atom. The first-order valence-electron chi connectivity index (χ1n) is 5.81. The van der Waals surface area contributed by atoms with Crippen LogP contribution in [0.15, 0.2) is 52.3 Å². The number of hydrogen-bond donors (Lipinski definition) is 0. The van der Waals surface area contributed by atoms with Gasteiger partial charge >= 0.3 is 5.97 Å². The number of ether oxygens (including phenoxy) is 1. The SMILES string of the molecule is COC(=O)c1ccc(Sc2ccc([N+](=O)[O-])cc2)c(F)c1. The van der Waals surface area contributed by atoms with E-state index in [1.54, 1.807) is 0 Å². The van der Waals surface area contributed by atoms with Crippen LogP contribution < -0.4 is 0 Å². The third-order valence-corrected chi connectivity index (χ3v) is 3.69. The Labute approximate surface area is 123 Å². The Hall–Kier alpha value is -2.41. The predicted octanol–water partition coefficient (Wildman–Crippen LogP) is 3.67. The summed E-state index contributed by atoms with van der Waals surface area (Å²) in [5.41, 5.74) is 0.101. The Morgan fingerprint density at radius 3 is 2.43 bits per heavy atom. The number of benzene rings is 2. The summed E-state index contributed by atoms with van der Waals surface area (Å²) in [6.45, 7) is 0. The first-order chi connectivity index (χ1) is 10.0. The topological polar surface area (TPSA) is 69.4 Å². The van der Waals surface area contributed by atoms with Gasteiger partial charge in [-0.3, -0.25) is 10.1 Å². The molecule has 0 aliphatic heterocycles. The third-order valence-electron chi connectivity index (χ3n) is 2.63. The number of carbonyl (C=O) groups excluding carboxylic acids is 1. The molecule has 0 N–H and O–H groups in total. The zero-order valence-corrected chi connectivity index (χ0v) is 11.7. The van der Waals surface area contributed by atoms with Gasteiger partial charge in [-0.2, -0.15) is 0 Å². The third kappa shape index (κ3) is 3.57. The monoisotopic (exact) mass is 307 g/mol. The molecule has 5 nitrogen and oxygen atoms in total. The highest BCUT2D eigenvalue weighted by Crippen LogP contribution is 2.31. The minimum Gasteiger partial charge on any atom is -0.465 e. The van der Waals surface area contributed by atoms with E-state index < -0.39 is 16.7 Å². The van der Waals surface area contributed by atoms with E-state index in [1.807, 2.05) is 0 Å². The maximum absolute atomic E-state index is 13.9. The standard InChI is InChI=1S/C14H10FNO4S/c1-20-14(17)9-2-7-13(12(15)8-9)21-11-5-3-10(4-6-11)16(18)19/h2-8H,1H3. The Kier molecular flexibility index (Phi) is 4.54. The van der Waals surface area contributed by atoms with Crippen molar-refractivity contribution in [3.8, 4) is 0 Å². The number of halogens is 1. The van der Waals surface area contributed by atoms with Crippen LogP contribution in [0.3, 0.4) is 0 Å². The van der Waals surface area contributed by atoms with Crippen LogP contribution in [0.2, 0.25) is 0 Å². The number of carbonyl (C=O) groups is 1. The summed E-state index contributed by atoms with van der Waals surface area (Å²) < 4.78 is 18.4. The molecule has 2 aromatic carbocycles. The highest BCUT2D eigenvalue weighted by Gasteiger charge is 2.11. The summed E-state index contributed by atoms with van der Waals surface area (Å²) in [5, 5.41) is 10.5. The van der Waals surface area contributed by atoms with Gasteiger partial charge in [-0.25, -0.2) is 9.18 Å². The summed E-state index contributed by atoms with van der Waals surface area (Å²) in [5.74, 6) is -1.16. The van der Waals surface area contributed by atoms with Gasteiger partial charge in [0.25, 0.3) is 5.69 Å². The average Bonchev–Trinajstić information content (AvgIpc) is 2.49. The smallest absolute Gasteiger partial charge is 0.337 e. The minimum atomic E-state index is -0.610. The van der Waals surface area contributed by atoms with Crippen molar-refractivity contribution < 1.29 is 18.8 Å². The fourth-order valence-corrected chi connectivity index (χ4v) is 2.41. The molecule has 108 valence electrons. The quantitative estimate of drug-likeness (QED) is 0.489. The number of nitrogens with zero attached hydrogens (tertiary/aromatic N) is 1. The van der Waals surface area contributed by atoms with Gasteiger partial charge in [0.2, 0.25) is 0 Å². The zero-order chi connectivity index (χ0) is 15.4. The molecule has 2 rings (SSSR count). The van der Waals surface area contributed by atoms with E-state index in [4.69, 9.17) is 0 Å². The molecule has 0 amide bonds. The lowest BCUT2D eigenvalue weighted by Gasteiger charge is -2.05. The molecule has 0 saturated carbocycles. The summed E-state index contributed by atoms with van der Waals surface area (Å²) in [6, 6.07) is 9.80. The van der Waals surface area contributed by atoms with Gasteiger partial charge in [0.15, 0.2) is 0 Å². The van der Waals surface area contributed by atoms with Gasteiger partial charge < -0.3 is 4.74 Å². The lowest BCUT2D eigenvalue weighted by atomic mass is 10.2. The van der Waals surface area contributed by atoms with Gasteiger partial charge in [0.05, 0.1) is 17.6 Å². The minimum absolute atomic E-state index is 0.0270. The molecule has 0 unspecified atom stereocenters. The number of rotatable bonds is 4. The maximum Gasteiger partial charge on any atom is 0.337 e. The summed E-state index contributed by atoms with van der Waals surface area (Å²) >= 11 is 1.11. The lowest BCUT2D eigenvalue weighted by molar-refractivity contribution is -0.384. The van der Waals surface area contributed by atoms with Crippen molar-refractivity contribution in [1.82, 2.24) is 0 Å². The predicted molar refractivity (Wildman–Crippen MR) is 75.0 cm³/mol. The Morgan fingerprint density at radius 1 is 1.24 bits per heavy atom. The van der Waals surface area contributed by atoms with E-state index in [-0.39, 0.29) is 11.3 Å². The zero-order valence-electron chi connectivity index (χ0n) is 10.9. The lowest BCUT2D eigenvalue weighted by Crippen LogP contribution is -2.01. The molecule has 0 bridgehead atoms. The van der Waals surface area contributed by atoms with Gasteiger partial charge in [0, 0.05) is 21.9 Å². The molecule has 0 saturated heterocycles. The second-order valence-electron chi connectivity index (χ2n) is 3.99. The molecule has 0 aromatic heterocycles. The number of nitro groups is 1. The summed E-state index contributed by atoms with van der Waals surface area (Å²) in [7, 11) is 1.22. The van der Waals surface area contributed by atoms with E-state index in [2.05, 4.69) is 4.74 Å². The van der Waals surface area contributed by atoms with Crippen molar-refractivity contribution in [3.05, 3.63) is 64.0 Å². The van der Waals surface area contributed by atoms with Crippen LogP contribution >= 0.6 is 11.8 Å². The van der Waals surface area contributed by atoms with E-state index in [0.717, 1.165) is 17.8 Å². The van der Waals surface area contributed by atoms with Gasteiger partial charge in [-0.1, -0.05) is 11.8 Å². The highest BCUT2D eigenvalue weighted by molar-refractivity contribution is 7.99. The molecular formula is C14H10FNO4S. The molecule has 21 heavy (non-hydrogen) atoms. The number of esters is 1. The van der Waals surface area contributed by atoms with Crippen LogP contribution in [0.1, 0.15) is 10.4 Å². The van der Waals surface area contributed by atoms with Crippen molar-refractivity contribution in [3.63, 3.8) is 0 Å². The maximum atomic E-state index is 13.9. The molecule has 0 atom stereocenters. The molecule has 0 heterocycles. The van der Waals surface area contributed by atoms with E-state index in [0.29, 0.717) is 9.79 Å². The van der Waals surface area contributed by atoms with E-state index >= 15 is 0 Å². The van der Waals surface area contributed by atoms with Crippen molar-refractivity contribution in [2.45, 2.75) is 9.79 Å². The fourth-order valence-electron chi connectivity index (χ4n) is 1.59. The van der Waals surface area contributed by atoms with Gasteiger partial charge in [-0.05, 0) is 30.3 Å². The second-order valence-corrected chi connectivity index (χ2v) is 5.11. The van der Waals surface area contributed by atoms with Crippen molar-refractivity contribution in [2.75, 3.05) is 7.11 Å². The first-order valence-corrected chi connectivity index (χ1v) is 6.63. The second kappa shape index (κ2) is 6.36. The van der Waals surface area contributed by atoms with Crippen LogP contribution in [0.25, 0.3) is 0 Å². The number of non-ortho nitro benzene ring substituents is 1. The molecule has 0 aliphatic carbocycles. The number of methoxy groups -OCH3 is 1. The van der Waals surface area contributed by atoms with E-state index in [9.17, 15) is 19.3 Å². The molecule has 0 fully saturated rings. The molecule has 0 radical (unpaired) electrons.